The predicted molar refractivity (Wildman–Crippen MR) is 135 cm³/mol. The molecule has 10 heteroatoms. The van der Waals surface area contributed by atoms with Gasteiger partial charge in [-0.15, -0.1) is 21.5 Å². The van der Waals surface area contributed by atoms with E-state index in [1.807, 2.05) is 47.8 Å². The average molecular weight is 496 g/mol. The average Bonchev–Trinajstić information content (AvgIpc) is 3.46. The van der Waals surface area contributed by atoms with Crippen molar-refractivity contribution in [1.29, 1.82) is 0 Å². The van der Waals surface area contributed by atoms with Crippen LogP contribution in [0.4, 0.5) is 5.82 Å². The van der Waals surface area contributed by atoms with Gasteiger partial charge in [-0.25, -0.2) is 0 Å². The predicted octanol–water partition coefficient (Wildman–Crippen LogP) is 2.65. The lowest BCUT2D eigenvalue weighted by molar-refractivity contribution is -0.132. The number of aromatic nitrogens is 2. The molecule has 1 aliphatic rings. The Bertz CT molecular complexity index is 1100. The molecular weight excluding hydrogens is 466 g/mol. The summed E-state index contributed by atoms with van der Waals surface area (Å²) >= 11 is 1.37. The normalized spacial score (nSPS) is 13.5. The number of piperazine rings is 1. The molecule has 0 radical (unpaired) electrons. The van der Waals surface area contributed by atoms with Crippen molar-refractivity contribution in [2.24, 2.45) is 0 Å². The molecule has 0 aliphatic carbocycles. The molecule has 184 valence electrons. The van der Waals surface area contributed by atoms with Crippen molar-refractivity contribution in [1.82, 2.24) is 20.0 Å². The highest BCUT2D eigenvalue weighted by molar-refractivity contribution is 7.12. The van der Waals surface area contributed by atoms with Crippen molar-refractivity contribution in [2.45, 2.75) is 0 Å². The Balaban J connectivity index is 1.32. The van der Waals surface area contributed by atoms with Crippen molar-refractivity contribution in [3.05, 3.63) is 58.8 Å². The summed E-state index contributed by atoms with van der Waals surface area (Å²) in [6.45, 7) is 3.21. The van der Waals surface area contributed by atoms with Crippen LogP contribution in [0.15, 0.2) is 53.9 Å². The third-order valence-corrected chi connectivity index (χ3v) is 6.76. The minimum atomic E-state index is -0.142. The highest BCUT2D eigenvalue weighted by Gasteiger charge is 2.26. The number of rotatable bonds is 9. The van der Waals surface area contributed by atoms with Crippen molar-refractivity contribution in [2.75, 3.05) is 65.0 Å². The van der Waals surface area contributed by atoms with Crippen molar-refractivity contribution in [3.8, 4) is 17.0 Å². The molecule has 2 aromatic heterocycles. The standard InChI is InChI=1S/C25H29N5O4S/c1-33-16-15-30(25(32)22-4-3-17-35-22)18-24(31)29-13-11-28(12-14-29)23-10-9-21(26-27-23)19-5-7-20(34-2)8-6-19/h3-10,17H,11-16,18H2,1-2H3. The molecule has 2 amide bonds. The molecule has 0 bridgehead atoms. The maximum Gasteiger partial charge on any atom is 0.264 e. The Hall–Kier alpha value is -3.50. The zero-order valence-corrected chi connectivity index (χ0v) is 20.7. The van der Waals surface area contributed by atoms with Gasteiger partial charge in [0.1, 0.15) is 12.3 Å². The third kappa shape index (κ3) is 6.14. The lowest BCUT2D eigenvalue weighted by atomic mass is 10.1. The monoisotopic (exact) mass is 495 g/mol. The van der Waals surface area contributed by atoms with Gasteiger partial charge in [-0.2, -0.15) is 0 Å². The first-order valence-corrected chi connectivity index (χ1v) is 12.3. The van der Waals surface area contributed by atoms with Crippen LogP contribution in [0.1, 0.15) is 9.67 Å². The van der Waals surface area contributed by atoms with Crippen molar-refractivity contribution in [3.63, 3.8) is 0 Å². The van der Waals surface area contributed by atoms with E-state index < -0.39 is 0 Å². The SMILES string of the molecule is COCCN(CC(=O)N1CCN(c2ccc(-c3ccc(OC)cc3)nn2)CC1)C(=O)c1cccs1. The first-order valence-electron chi connectivity index (χ1n) is 11.4. The van der Waals surface area contributed by atoms with Crippen LogP contribution in [0, 0.1) is 0 Å². The number of ether oxygens (including phenoxy) is 2. The summed E-state index contributed by atoms with van der Waals surface area (Å²) in [5, 5.41) is 10.6. The van der Waals surface area contributed by atoms with Crippen LogP contribution >= 0.6 is 11.3 Å². The van der Waals surface area contributed by atoms with Crippen LogP contribution in [0.25, 0.3) is 11.3 Å². The van der Waals surface area contributed by atoms with Gasteiger partial charge in [0.05, 0.1) is 24.3 Å². The van der Waals surface area contributed by atoms with Gasteiger partial charge in [0, 0.05) is 45.4 Å². The fourth-order valence-electron chi connectivity index (χ4n) is 3.87. The van der Waals surface area contributed by atoms with Gasteiger partial charge in [-0.3, -0.25) is 9.59 Å². The Labute approximate surface area is 208 Å². The molecule has 9 nitrogen and oxygen atoms in total. The fourth-order valence-corrected chi connectivity index (χ4v) is 4.56. The molecule has 3 aromatic rings. The maximum absolute atomic E-state index is 13.0. The molecule has 1 aromatic carbocycles. The highest BCUT2D eigenvalue weighted by Crippen LogP contribution is 2.22. The van der Waals surface area contributed by atoms with E-state index in [0.717, 1.165) is 22.8 Å². The Morgan fingerprint density at radius 1 is 1.00 bits per heavy atom. The summed E-state index contributed by atoms with van der Waals surface area (Å²) in [6, 6.07) is 15.2. The van der Waals surface area contributed by atoms with Gasteiger partial charge in [0.2, 0.25) is 5.91 Å². The summed E-state index contributed by atoms with van der Waals surface area (Å²) < 4.78 is 10.3. The van der Waals surface area contributed by atoms with E-state index in [4.69, 9.17) is 9.47 Å². The second-order valence-corrected chi connectivity index (χ2v) is 9.02. The number of anilines is 1. The number of thiophene rings is 1. The zero-order valence-electron chi connectivity index (χ0n) is 19.9. The molecule has 1 saturated heterocycles. The molecule has 0 N–H and O–H groups in total. The van der Waals surface area contributed by atoms with E-state index in [2.05, 4.69) is 15.1 Å². The molecule has 1 fully saturated rings. The summed E-state index contributed by atoms with van der Waals surface area (Å²) in [5.41, 5.74) is 1.76. The molecule has 3 heterocycles. The van der Waals surface area contributed by atoms with Crippen LogP contribution in [-0.4, -0.2) is 91.9 Å². The molecule has 0 atom stereocenters. The number of nitrogens with zero attached hydrogens (tertiary/aromatic N) is 5. The quantitative estimate of drug-likeness (QED) is 0.451. The van der Waals surface area contributed by atoms with Gasteiger partial charge in [-0.1, -0.05) is 6.07 Å². The lowest BCUT2D eigenvalue weighted by Gasteiger charge is -2.36. The van der Waals surface area contributed by atoms with Crippen LogP contribution in [0.5, 0.6) is 5.75 Å². The number of amides is 2. The Morgan fingerprint density at radius 2 is 1.77 bits per heavy atom. The van der Waals surface area contributed by atoms with Gasteiger partial charge < -0.3 is 24.2 Å². The minimum Gasteiger partial charge on any atom is -0.497 e. The summed E-state index contributed by atoms with van der Waals surface area (Å²) in [4.78, 5) is 31.9. The number of benzene rings is 1. The van der Waals surface area contributed by atoms with Crippen LogP contribution in [0.2, 0.25) is 0 Å². The maximum atomic E-state index is 13.0. The molecule has 1 aliphatic heterocycles. The van der Waals surface area contributed by atoms with Crippen molar-refractivity contribution < 1.29 is 19.1 Å². The summed E-state index contributed by atoms with van der Waals surface area (Å²) in [7, 11) is 3.22. The Kier molecular flexibility index (Phi) is 8.27. The number of methoxy groups -OCH3 is 2. The second-order valence-electron chi connectivity index (χ2n) is 8.07. The summed E-state index contributed by atoms with van der Waals surface area (Å²) in [5.74, 6) is 1.37. The van der Waals surface area contributed by atoms with Gasteiger partial charge in [0.15, 0.2) is 5.82 Å². The molecule has 35 heavy (non-hydrogen) atoms. The van der Waals surface area contributed by atoms with E-state index >= 15 is 0 Å². The lowest BCUT2D eigenvalue weighted by Crippen LogP contribution is -2.52. The van der Waals surface area contributed by atoms with Crippen LogP contribution < -0.4 is 9.64 Å². The largest absolute Gasteiger partial charge is 0.497 e. The molecule has 0 spiro atoms. The first kappa shape index (κ1) is 24.6. The van der Waals surface area contributed by atoms with Gasteiger partial charge >= 0.3 is 0 Å². The number of hydrogen-bond donors (Lipinski definition) is 0. The van der Waals surface area contributed by atoms with E-state index in [1.54, 1.807) is 30.1 Å². The molecule has 0 saturated carbocycles. The third-order valence-electron chi connectivity index (χ3n) is 5.90. The van der Waals surface area contributed by atoms with E-state index in [9.17, 15) is 9.59 Å². The van der Waals surface area contributed by atoms with E-state index in [-0.39, 0.29) is 18.4 Å². The first-order chi connectivity index (χ1) is 17.1. The Morgan fingerprint density at radius 3 is 2.37 bits per heavy atom. The molecule has 0 unspecified atom stereocenters. The minimum absolute atomic E-state index is 0.0382. The van der Waals surface area contributed by atoms with Gasteiger partial charge in [0.25, 0.3) is 5.91 Å². The van der Waals surface area contributed by atoms with Gasteiger partial charge in [-0.05, 0) is 47.8 Å². The molecule has 4 rings (SSSR count). The van der Waals surface area contributed by atoms with Crippen LogP contribution in [0.3, 0.4) is 0 Å². The van der Waals surface area contributed by atoms with Crippen LogP contribution in [-0.2, 0) is 9.53 Å². The smallest absolute Gasteiger partial charge is 0.264 e. The number of carbonyl (C=O) groups excluding carboxylic acids is 2. The summed E-state index contributed by atoms with van der Waals surface area (Å²) in [6.07, 6.45) is 0. The van der Waals surface area contributed by atoms with E-state index in [1.165, 1.54) is 11.3 Å². The second kappa shape index (κ2) is 11.8. The highest BCUT2D eigenvalue weighted by atomic mass is 32.1. The van der Waals surface area contributed by atoms with Crippen molar-refractivity contribution >= 4 is 29.0 Å². The number of carbonyl (C=O) groups is 2. The zero-order chi connectivity index (χ0) is 24.6. The van der Waals surface area contributed by atoms with E-state index in [0.29, 0.717) is 44.2 Å². The topological polar surface area (TPSA) is 88.1 Å². The molecular formula is C25H29N5O4S. The number of hydrogen-bond acceptors (Lipinski definition) is 8. The fraction of sp³-hybridized carbons (Fsp3) is 0.360.